The fourth-order valence-corrected chi connectivity index (χ4v) is 1.30. The van der Waals surface area contributed by atoms with Crippen molar-refractivity contribution >= 4 is 17.3 Å². The number of hydrogen-bond donors (Lipinski definition) is 2. The van der Waals surface area contributed by atoms with E-state index in [-0.39, 0.29) is 11.4 Å². The lowest BCUT2D eigenvalue weighted by Crippen LogP contribution is -2.13. The summed E-state index contributed by atoms with van der Waals surface area (Å²) in [5.74, 6) is -0.609. The summed E-state index contributed by atoms with van der Waals surface area (Å²) < 4.78 is 18.1. The summed E-state index contributed by atoms with van der Waals surface area (Å²) in [4.78, 5) is 11.6. The van der Waals surface area contributed by atoms with Crippen LogP contribution < -0.4 is 11.1 Å². The fraction of sp³-hybridized carbons (Fsp3) is 0.0909. The molecule has 1 amide bonds. The molecule has 0 saturated carbocycles. The highest BCUT2D eigenvalue weighted by Crippen LogP contribution is 2.18. The van der Waals surface area contributed by atoms with E-state index in [0.717, 1.165) is 0 Å². The topological polar surface area (TPSA) is 81.2 Å². The number of nitrogen functional groups attached to an aromatic ring is 1. The molecule has 0 atom stereocenters. The average molecular weight is 235 g/mol. The Labute approximate surface area is 96.4 Å². The Bertz CT molecular complexity index is 566. The predicted molar refractivity (Wildman–Crippen MR) is 60.0 cm³/mol. The first kappa shape index (κ1) is 11.1. The predicted octanol–water partition coefficient (Wildman–Crippen LogP) is 1.96. The number of hydrogen-bond acceptors (Lipinski definition) is 4. The van der Waals surface area contributed by atoms with Gasteiger partial charge in [0.2, 0.25) is 0 Å². The van der Waals surface area contributed by atoms with Crippen molar-refractivity contribution in [2.24, 2.45) is 0 Å². The molecule has 0 bridgehead atoms. The van der Waals surface area contributed by atoms with Gasteiger partial charge in [-0.2, -0.15) is 0 Å². The van der Waals surface area contributed by atoms with Crippen LogP contribution >= 0.6 is 0 Å². The maximum Gasteiger partial charge on any atom is 0.277 e. The minimum atomic E-state index is -0.562. The molecule has 0 spiro atoms. The number of nitrogens with zero attached hydrogens (tertiary/aromatic N) is 1. The van der Waals surface area contributed by atoms with E-state index in [2.05, 4.69) is 10.5 Å². The number of aromatic nitrogens is 1. The monoisotopic (exact) mass is 235 g/mol. The largest absolute Gasteiger partial charge is 0.399 e. The summed E-state index contributed by atoms with van der Waals surface area (Å²) in [6.45, 7) is 1.66. The minimum absolute atomic E-state index is 0.00986. The molecule has 2 rings (SSSR count). The lowest BCUT2D eigenvalue weighted by molar-refractivity contribution is 0.101. The van der Waals surface area contributed by atoms with Crippen LogP contribution in [0.4, 0.5) is 15.8 Å². The summed E-state index contributed by atoms with van der Waals surface area (Å²) in [6, 6.07) is 5.38. The first-order chi connectivity index (χ1) is 8.06. The zero-order valence-electron chi connectivity index (χ0n) is 9.03. The van der Waals surface area contributed by atoms with Crippen LogP contribution in [0.25, 0.3) is 0 Å². The molecule has 0 fully saturated rings. The Kier molecular flexibility index (Phi) is 2.78. The molecule has 1 heterocycles. The van der Waals surface area contributed by atoms with Gasteiger partial charge in [-0.1, -0.05) is 5.16 Å². The molecule has 0 aliphatic carbocycles. The molecule has 1 aromatic heterocycles. The van der Waals surface area contributed by atoms with Crippen LogP contribution in [0.15, 0.2) is 28.8 Å². The Morgan fingerprint density at radius 3 is 2.88 bits per heavy atom. The van der Waals surface area contributed by atoms with Crippen LogP contribution in [0.5, 0.6) is 0 Å². The Hall–Kier alpha value is -2.37. The van der Waals surface area contributed by atoms with Gasteiger partial charge in [0.15, 0.2) is 5.69 Å². The number of anilines is 2. The molecule has 17 heavy (non-hydrogen) atoms. The first-order valence-electron chi connectivity index (χ1n) is 4.86. The summed E-state index contributed by atoms with van der Waals surface area (Å²) in [5.41, 5.74) is 5.95. The number of carbonyl (C=O) groups excluding carboxylic acids is 1. The highest BCUT2D eigenvalue weighted by Gasteiger charge is 2.13. The van der Waals surface area contributed by atoms with Gasteiger partial charge in [0, 0.05) is 11.8 Å². The van der Waals surface area contributed by atoms with Crippen molar-refractivity contribution in [3.05, 3.63) is 41.5 Å². The second-order valence-electron chi connectivity index (χ2n) is 3.52. The van der Waals surface area contributed by atoms with Crippen molar-refractivity contribution in [3.8, 4) is 0 Å². The van der Waals surface area contributed by atoms with Crippen molar-refractivity contribution in [3.63, 3.8) is 0 Å². The summed E-state index contributed by atoms with van der Waals surface area (Å²) in [7, 11) is 0. The molecule has 2 aromatic rings. The Balaban J connectivity index is 2.21. The van der Waals surface area contributed by atoms with Gasteiger partial charge in [-0.15, -0.1) is 0 Å². The molecule has 0 radical (unpaired) electrons. The van der Waals surface area contributed by atoms with E-state index in [4.69, 9.17) is 10.3 Å². The second-order valence-corrected chi connectivity index (χ2v) is 3.52. The van der Waals surface area contributed by atoms with Gasteiger partial charge in [-0.05, 0) is 25.1 Å². The lowest BCUT2D eigenvalue weighted by Gasteiger charge is -2.04. The number of rotatable bonds is 2. The van der Waals surface area contributed by atoms with Crippen molar-refractivity contribution in [2.45, 2.75) is 6.92 Å². The molecule has 1 aromatic carbocycles. The third-order valence-corrected chi connectivity index (χ3v) is 2.10. The van der Waals surface area contributed by atoms with Gasteiger partial charge in [-0.25, -0.2) is 4.39 Å². The third kappa shape index (κ3) is 2.41. The van der Waals surface area contributed by atoms with Gasteiger partial charge >= 0.3 is 0 Å². The molecule has 6 heteroatoms. The van der Waals surface area contributed by atoms with Crippen LogP contribution in [0.2, 0.25) is 0 Å². The van der Waals surface area contributed by atoms with Gasteiger partial charge < -0.3 is 15.6 Å². The molecular formula is C11H10FN3O2. The number of nitrogens with two attached hydrogens (primary N) is 1. The highest BCUT2D eigenvalue weighted by atomic mass is 19.1. The molecule has 0 aliphatic heterocycles. The molecular weight excluding hydrogens is 225 g/mol. The molecule has 0 aliphatic rings. The summed E-state index contributed by atoms with van der Waals surface area (Å²) in [5, 5.41) is 5.89. The number of amides is 1. The molecule has 0 unspecified atom stereocenters. The van der Waals surface area contributed by atoms with Crippen LogP contribution in [0.1, 0.15) is 16.2 Å². The van der Waals surface area contributed by atoms with E-state index in [0.29, 0.717) is 11.4 Å². The Morgan fingerprint density at radius 1 is 1.47 bits per heavy atom. The quantitative estimate of drug-likeness (QED) is 0.779. The van der Waals surface area contributed by atoms with E-state index >= 15 is 0 Å². The fourth-order valence-electron chi connectivity index (χ4n) is 1.30. The van der Waals surface area contributed by atoms with E-state index in [1.54, 1.807) is 6.92 Å². The number of carbonyl (C=O) groups is 1. The second kappa shape index (κ2) is 4.25. The molecule has 0 saturated heterocycles. The molecule has 5 nitrogen and oxygen atoms in total. The van der Waals surface area contributed by atoms with Crippen molar-refractivity contribution in [1.82, 2.24) is 5.16 Å². The number of halogens is 1. The average Bonchev–Trinajstić information content (AvgIpc) is 2.70. The van der Waals surface area contributed by atoms with Crippen LogP contribution in [-0.2, 0) is 0 Å². The number of nitrogens with one attached hydrogen (secondary N) is 1. The van der Waals surface area contributed by atoms with Gasteiger partial charge in [0.05, 0.1) is 5.69 Å². The van der Waals surface area contributed by atoms with Gasteiger partial charge in [-0.3, -0.25) is 4.79 Å². The van der Waals surface area contributed by atoms with Crippen LogP contribution in [-0.4, -0.2) is 11.1 Å². The van der Waals surface area contributed by atoms with Gasteiger partial charge in [0.25, 0.3) is 5.91 Å². The van der Waals surface area contributed by atoms with Crippen molar-refractivity contribution < 1.29 is 13.7 Å². The van der Waals surface area contributed by atoms with Crippen LogP contribution in [0.3, 0.4) is 0 Å². The maximum atomic E-state index is 13.3. The minimum Gasteiger partial charge on any atom is -0.399 e. The van der Waals surface area contributed by atoms with Crippen molar-refractivity contribution in [2.75, 3.05) is 11.1 Å². The van der Waals surface area contributed by atoms with E-state index in [1.165, 1.54) is 24.3 Å². The lowest BCUT2D eigenvalue weighted by atomic mass is 10.2. The summed E-state index contributed by atoms with van der Waals surface area (Å²) >= 11 is 0. The first-order valence-corrected chi connectivity index (χ1v) is 4.86. The maximum absolute atomic E-state index is 13.3. The SMILES string of the molecule is Cc1cc(C(=O)Nc2cc(N)ccc2F)no1. The zero-order chi connectivity index (χ0) is 12.4. The molecule has 88 valence electrons. The summed E-state index contributed by atoms with van der Waals surface area (Å²) in [6.07, 6.45) is 0. The van der Waals surface area contributed by atoms with E-state index in [1.807, 2.05) is 0 Å². The van der Waals surface area contributed by atoms with E-state index < -0.39 is 11.7 Å². The highest BCUT2D eigenvalue weighted by molar-refractivity contribution is 6.03. The zero-order valence-corrected chi connectivity index (χ0v) is 9.03. The van der Waals surface area contributed by atoms with Crippen molar-refractivity contribution in [1.29, 1.82) is 0 Å². The third-order valence-electron chi connectivity index (χ3n) is 2.10. The normalized spacial score (nSPS) is 10.2. The standard InChI is InChI=1S/C11H10FN3O2/c1-6-4-10(15-17-6)11(16)14-9-5-7(13)2-3-8(9)12/h2-5H,13H2,1H3,(H,14,16). The number of benzene rings is 1. The smallest absolute Gasteiger partial charge is 0.277 e. The van der Waals surface area contributed by atoms with Crippen LogP contribution in [0, 0.1) is 12.7 Å². The Morgan fingerprint density at radius 2 is 2.24 bits per heavy atom. The number of aryl methyl sites for hydroxylation is 1. The van der Waals surface area contributed by atoms with E-state index in [9.17, 15) is 9.18 Å². The molecule has 3 N–H and O–H groups in total. The van der Waals surface area contributed by atoms with Gasteiger partial charge in [0.1, 0.15) is 11.6 Å².